The molecule has 4 rings (SSSR count). The Morgan fingerprint density at radius 1 is 1.18 bits per heavy atom. The molecule has 1 saturated heterocycles. The van der Waals surface area contributed by atoms with Crippen LogP contribution in [0.3, 0.4) is 0 Å². The summed E-state index contributed by atoms with van der Waals surface area (Å²) in [7, 11) is -2.37. The molecule has 0 aliphatic carbocycles. The van der Waals surface area contributed by atoms with Gasteiger partial charge in [0.15, 0.2) is 0 Å². The van der Waals surface area contributed by atoms with E-state index in [1.54, 1.807) is 17.1 Å². The highest BCUT2D eigenvalue weighted by molar-refractivity contribution is 7.89. The van der Waals surface area contributed by atoms with Crippen LogP contribution in [-0.4, -0.2) is 53.1 Å². The molecule has 0 radical (unpaired) electrons. The summed E-state index contributed by atoms with van der Waals surface area (Å²) in [5.41, 5.74) is 2.02. The molecule has 0 saturated carbocycles. The fourth-order valence-electron chi connectivity index (χ4n) is 4.20. The topological polar surface area (TPSA) is 106 Å². The largest absolute Gasteiger partial charge is 0.495 e. The summed E-state index contributed by atoms with van der Waals surface area (Å²) in [5.74, 6) is -0.135. The van der Waals surface area contributed by atoms with Crippen molar-refractivity contribution in [1.82, 2.24) is 24.4 Å². The molecular weight excluding hydrogens is 454 g/mol. The lowest BCUT2D eigenvalue weighted by molar-refractivity contribution is 0.0939. The first kappa shape index (κ1) is 23.9. The molecule has 1 aromatic heterocycles. The Morgan fingerprint density at radius 2 is 1.94 bits per heavy atom. The van der Waals surface area contributed by atoms with Gasteiger partial charge in [-0.15, -0.1) is 0 Å². The first-order valence-electron chi connectivity index (χ1n) is 11.3. The zero-order valence-corrected chi connectivity index (χ0v) is 20.3. The molecule has 2 heterocycles. The normalized spacial score (nSPS) is 17.8. The lowest BCUT2D eigenvalue weighted by Gasteiger charge is -2.32. The average molecular weight is 484 g/mol. The number of nitrogens with zero attached hydrogens (tertiary/aromatic N) is 4. The van der Waals surface area contributed by atoms with Crippen LogP contribution in [0, 0.1) is 0 Å². The Morgan fingerprint density at radius 3 is 2.59 bits per heavy atom. The number of ether oxygens (including phenoxy) is 1. The number of sulfonamides is 1. The van der Waals surface area contributed by atoms with Gasteiger partial charge in [-0.25, -0.2) is 18.1 Å². The van der Waals surface area contributed by atoms with Crippen molar-refractivity contribution >= 4 is 15.9 Å². The van der Waals surface area contributed by atoms with E-state index in [1.165, 1.54) is 29.9 Å². The molecule has 1 N–H and O–H groups in total. The first-order valence-corrected chi connectivity index (χ1v) is 12.7. The van der Waals surface area contributed by atoms with Crippen molar-refractivity contribution in [3.63, 3.8) is 0 Å². The molecule has 34 heavy (non-hydrogen) atoms. The highest BCUT2D eigenvalue weighted by atomic mass is 32.2. The molecule has 1 amide bonds. The van der Waals surface area contributed by atoms with Crippen LogP contribution in [0.1, 0.15) is 55.1 Å². The van der Waals surface area contributed by atoms with Crippen LogP contribution in [0.25, 0.3) is 5.69 Å². The van der Waals surface area contributed by atoms with Crippen molar-refractivity contribution in [2.45, 2.75) is 50.1 Å². The van der Waals surface area contributed by atoms with Crippen LogP contribution in [0.2, 0.25) is 0 Å². The fraction of sp³-hybridized carbons (Fsp3) is 0.375. The van der Waals surface area contributed by atoms with Gasteiger partial charge in [-0.3, -0.25) is 4.79 Å². The number of aromatic nitrogens is 3. The number of carbonyl (C=O) groups excluding carboxylic acids is 1. The van der Waals surface area contributed by atoms with Gasteiger partial charge in [0.05, 0.1) is 18.8 Å². The predicted octanol–water partition coefficient (Wildman–Crippen LogP) is 3.33. The van der Waals surface area contributed by atoms with Gasteiger partial charge in [0.25, 0.3) is 5.91 Å². The Kier molecular flexibility index (Phi) is 6.99. The standard InChI is InChI=1S/C24H29N5O4S/c1-17-6-4-5-13-29(17)34(31,32)23-14-20(9-12-22(23)33-3)24(30)27-18(2)19-7-10-21(11-8-19)28-16-25-15-26-28/h7-12,14-18H,4-6,13H2,1-3H3,(H,27,30)/t17-,18+/m1/s1. The number of rotatable bonds is 7. The number of hydrogen-bond donors (Lipinski definition) is 1. The van der Waals surface area contributed by atoms with E-state index in [-0.39, 0.29) is 34.2 Å². The second kappa shape index (κ2) is 9.94. The summed E-state index contributed by atoms with van der Waals surface area (Å²) in [4.78, 5) is 17.0. The quantitative estimate of drug-likeness (QED) is 0.553. The molecule has 0 bridgehead atoms. The molecule has 1 aliphatic rings. The maximum atomic E-state index is 13.4. The number of piperidine rings is 1. The maximum absolute atomic E-state index is 13.4. The predicted molar refractivity (Wildman–Crippen MR) is 127 cm³/mol. The van der Waals surface area contributed by atoms with Crippen molar-refractivity contribution in [3.05, 3.63) is 66.2 Å². The van der Waals surface area contributed by atoms with Gasteiger partial charge < -0.3 is 10.1 Å². The van der Waals surface area contributed by atoms with E-state index in [0.29, 0.717) is 6.54 Å². The van der Waals surface area contributed by atoms with Crippen molar-refractivity contribution in [2.75, 3.05) is 13.7 Å². The van der Waals surface area contributed by atoms with Crippen LogP contribution in [-0.2, 0) is 10.0 Å². The first-order chi connectivity index (χ1) is 16.3. The SMILES string of the molecule is COc1ccc(C(=O)N[C@@H](C)c2ccc(-n3cncn3)cc2)cc1S(=O)(=O)N1CCCC[C@H]1C. The molecule has 180 valence electrons. The summed E-state index contributed by atoms with van der Waals surface area (Å²) < 4.78 is 35.3. The van der Waals surface area contributed by atoms with Gasteiger partial charge in [-0.1, -0.05) is 18.6 Å². The number of nitrogens with one attached hydrogen (secondary N) is 1. The number of carbonyl (C=O) groups is 1. The van der Waals surface area contributed by atoms with Gasteiger partial charge in [0.2, 0.25) is 10.0 Å². The Hall–Kier alpha value is -3.24. The molecule has 0 unspecified atom stereocenters. The van der Waals surface area contributed by atoms with Crippen LogP contribution in [0.4, 0.5) is 0 Å². The minimum Gasteiger partial charge on any atom is -0.495 e. The third-order valence-corrected chi connectivity index (χ3v) is 8.21. The number of methoxy groups -OCH3 is 1. The van der Waals surface area contributed by atoms with E-state index >= 15 is 0 Å². The van der Waals surface area contributed by atoms with E-state index in [9.17, 15) is 13.2 Å². The fourth-order valence-corrected chi connectivity index (χ4v) is 6.08. The summed E-state index contributed by atoms with van der Waals surface area (Å²) in [5, 5.41) is 7.05. The average Bonchev–Trinajstić information content (AvgIpc) is 3.39. The summed E-state index contributed by atoms with van der Waals surface area (Å²) in [6.45, 7) is 4.25. The van der Waals surface area contributed by atoms with Gasteiger partial charge in [-0.05, 0) is 62.6 Å². The zero-order valence-electron chi connectivity index (χ0n) is 19.5. The van der Waals surface area contributed by atoms with Gasteiger partial charge in [-0.2, -0.15) is 9.40 Å². The Bertz CT molecular complexity index is 1240. The third kappa shape index (κ3) is 4.83. The summed E-state index contributed by atoms with van der Waals surface area (Å²) >= 11 is 0. The molecule has 2 aromatic carbocycles. The number of hydrogen-bond acceptors (Lipinski definition) is 6. The second-order valence-corrected chi connectivity index (χ2v) is 10.3. The van der Waals surface area contributed by atoms with Crippen LogP contribution >= 0.6 is 0 Å². The molecule has 10 heteroatoms. The lowest BCUT2D eigenvalue weighted by atomic mass is 10.1. The van der Waals surface area contributed by atoms with E-state index < -0.39 is 10.0 Å². The van der Waals surface area contributed by atoms with E-state index in [2.05, 4.69) is 15.4 Å². The Balaban J connectivity index is 1.54. The van der Waals surface area contributed by atoms with Crippen molar-refractivity contribution in [1.29, 1.82) is 0 Å². The lowest BCUT2D eigenvalue weighted by Crippen LogP contribution is -2.42. The van der Waals surface area contributed by atoms with Crippen LogP contribution < -0.4 is 10.1 Å². The van der Waals surface area contributed by atoms with Gasteiger partial charge in [0.1, 0.15) is 23.3 Å². The highest BCUT2D eigenvalue weighted by Crippen LogP contribution is 2.32. The highest BCUT2D eigenvalue weighted by Gasteiger charge is 2.33. The van der Waals surface area contributed by atoms with Gasteiger partial charge in [0, 0.05) is 18.2 Å². The molecular formula is C24H29N5O4S. The number of benzene rings is 2. The number of amides is 1. The molecule has 3 aromatic rings. The molecule has 9 nitrogen and oxygen atoms in total. The summed E-state index contributed by atoms with van der Waals surface area (Å²) in [6, 6.07) is 11.7. The molecule has 2 atom stereocenters. The van der Waals surface area contributed by atoms with E-state index in [4.69, 9.17) is 4.74 Å². The van der Waals surface area contributed by atoms with E-state index in [0.717, 1.165) is 30.5 Å². The molecule has 1 fully saturated rings. The minimum atomic E-state index is -3.80. The summed E-state index contributed by atoms with van der Waals surface area (Å²) in [6.07, 6.45) is 5.71. The van der Waals surface area contributed by atoms with Crippen molar-refractivity contribution < 1.29 is 17.9 Å². The molecule has 0 spiro atoms. The third-order valence-electron chi connectivity index (χ3n) is 6.18. The zero-order chi connectivity index (χ0) is 24.3. The maximum Gasteiger partial charge on any atom is 0.251 e. The van der Waals surface area contributed by atoms with Crippen LogP contribution in [0.15, 0.2) is 60.0 Å². The van der Waals surface area contributed by atoms with Crippen LogP contribution in [0.5, 0.6) is 5.75 Å². The minimum absolute atomic E-state index is 0.0150. The Labute approximate surface area is 199 Å². The molecule has 1 aliphatic heterocycles. The van der Waals surface area contributed by atoms with Crippen molar-refractivity contribution in [2.24, 2.45) is 0 Å². The monoisotopic (exact) mass is 483 g/mol. The second-order valence-electron chi connectivity index (χ2n) is 8.45. The smallest absolute Gasteiger partial charge is 0.251 e. The van der Waals surface area contributed by atoms with Gasteiger partial charge >= 0.3 is 0 Å². The van der Waals surface area contributed by atoms with Crippen molar-refractivity contribution in [3.8, 4) is 11.4 Å². The van der Waals surface area contributed by atoms with E-state index in [1.807, 2.05) is 38.1 Å².